The van der Waals surface area contributed by atoms with Crippen LogP contribution in [0.4, 0.5) is 11.4 Å². The van der Waals surface area contributed by atoms with Crippen LogP contribution >= 0.6 is 11.6 Å². The molecule has 10 heteroatoms. The number of hydrogen-bond acceptors (Lipinski definition) is 6. The highest BCUT2D eigenvalue weighted by molar-refractivity contribution is 7.89. The van der Waals surface area contributed by atoms with Gasteiger partial charge < -0.3 is 10.2 Å². The van der Waals surface area contributed by atoms with Crippen LogP contribution in [0.1, 0.15) is 5.56 Å². The molecule has 0 aliphatic rings. The van der Waals surface area contributed by atoms with E-state index in [1.54, 1.807) is 18.2 Å². The maximum absolute atomic E-state index is 12.3. The van der Waals surface area contributed by atoms with E-state index in [9.17, 15) is 18.5 Å². The summed E-state index contributed by atoms with van der Waals surface area (Å²) in [5.74, 6) is 0. The van der Waals surface area contributed by atoms with Crippen molar-refractivity contribution in [1.29, 1.82) is 0 Å². The SMILES string of the molecule is CN(C)CCNS(=O)(=O)c1ccc(NCc2cccc(Cl)c2)c([N+](=O)[O-])c1. The van der Waals surface area contributed by atoms with Crippen LogP contribution in [0.5, 0.6) is 0 Å². The molecule has 0 spiro atoms. The van der Waals surface area contributed by atoms with Gasteiger partial charge in [0.05, 0.1) is 9.82 Å². The van der Waals surface area contributed by atoms with Gasteiger partial charge in [-0.2, -0.15) is 0 Å². The van der Waals surface area contributed by atoms with Crippen molar-refractivity contribution in [2.75, 3.05) is 32.5 Å². The molecule has 0 fully saturated rings. The van der Waals surface area contributed by atoms with E-state index in [1.807, 2.05) is 25.1 Å². The van der Waals surface area contributed by atoms with Crippen molar-refractivity contribution in [3.63, 3.8) is 0 Å². The molecule has 2 N–H and O–H groups in total. The molecular formula is C17H21ClN4O4S. The van der Waals surface area contributed by atoms with Crippen LogP contribution in [0.25, 0.3) is 0 Å². The molecule has 0 aliphatic heterocycles. The Labute approximate surface area is 163 Å². The first kappa shape index (κ1) is 21.1. The number of benzene rings is 2. The topological polar surface area (TPSA) is 105 Å². The van der Waals surface area contributed by atoms with Crippen LogP contribution in [0.3, 0.4) is 0 Å². The molecule has 2 aromatic carbocycles. The van der Waals surface area contributed by atoms with Crippen molar-refractivity contribution in [2.45, 2.75) is 11.4 Å². The third-order valence-corrected chi connectivity index (χ3v) is 5.39. The standard InChI is InChI=1S/C17H21ClN4O4S/c1-21(2)9-8-20-27(25,26)15-6-7-16(17(11-15)22(23)24)19-12-13-4-3-5-14(18)10-13/h3-7,10-11,19-20H,8-9,12H2,1-2H3. The molecule has 0 radical (unpaired) electrons. The molecule has 0 saturated heterocycles. The number of nitro benzene ring substituents is 1. The third kappa shape index (κ3) is 6.17. The summed E-state index contributed by atoms with van der Waals surface area (Å²) in [6, 6.07) is 10.9. The fourth-order valence-electron chi connectivity index (χ4n) is 2.31. The van der Waals surface area contributed by atoms with Crippen molar-refractivity contribution in [3.8, 4) is 0 Å². The summed E-state index contributed by atoms with van der Waals surface area (Å²) in [5, 5.41) is 14.9. The summed E-state index contributed by atoms with van der Waals surface area (Å²) in [6.45, 7) is 1.03. The number of hydrogen-bond donors (Lipinski definition) is 2. The first-order valence-corrected chi connectivity index (χ1v) is 9.96. The number of nitro groups is 1. The number of halogens is 1. The largest absolute Gasteiger partial charge is 0.375 e. The van der Waals surface area contributed by atoms with Crippen molar-refractivity contribution in [2.24, 2.45) is 0 Å². The summed E-state index contributed by atoms with van der Waals surface area (Å²) < 4.78 is 27.1. The molecule has 2 rings (SSSR count). The minimum atomic E-state index is -3.83. The number of sulfonamides is 1. The van der Waals surface area contributed by atoms with E-state index >= 15 is 0 Å². The smallest absolute Gasteiger partial charge is 0.293 e. The fraction of sp³-hybridized carbons (Fsp3) is 0.294. The molecule has 0 amide bonds. The summed E-state index contributed by atoms with van der Waals surface area (Å²) in [6.07, 6.45) is 0. The summed E-state index contributed by atoms with van der Waals surface area (Å²) in [4.78, 5) is 12.5. The van der Waals surface area contributed by atoms with E-state index in [0.717, 1.165) is 11.6 Å². The van der Waals surface area contributed by atoms with Crippen LogP contribution in [-0.4, -0.2) is 45.4 Å². The van der Waals surface area contributed by atoms with Gasteiger partial charge in [-0.15, -0.1) is 0 Å². The second-order valence-electron chi connectivity index (χ2n) is 6.12. The van der Waals surface area contributed by atoms with Gasteiger partial charge in [0, 0.05) is 30.7 Å². The van der Waals surface area contributed by atoms with Gasteiger partial charge >= 0.3 is 0 Å². The zero-order chi connectivity index (χ0) is 20.0. The molecule has 27 heavy (non-hydrogen) atoms. The predicted molar refractivity (Wildman–Crippen MR) is 106 cm³/mol. The van der Waals surface area contributed by atoms with Gasteiger partial charge in [0.15, 0.2) is 0 Å². The monoisotopic (exact) mass is 412 g/mol. The maximum atomic E-state index is 12.3. The highest BCUT2D eigenvalue weighted by Gasteiger charge is 2.21. The van der Waals surface area contributed by atoms with E-state index in [4.69, 9.17) is 11.6 Å². The second-order valence-corrected chi connectivity index (χ2v) is 8.32. The van der Waals surface area contributed by atoms with Crippen LogP contribution < -0.4 is 10.0 Å². The molecule has 0 saturated carbocycles. The molecule has 0 bridgehead atoms. The lowest BCUT2D eigenvalue weighted by Crippen LogP contribution is -2.31. The second kappa shape index (κ2) is 9.14. The van der Waals surface area contributed by atoms with Gasteiger partial charge in [0.25, 0.3) is 5.69 Å². The lowest BCUT2D eigenvalue weighted by atomic mass is 10.2. The van der Waals surface area contributed by atoms with E-state index in [-0.39, 0.29) is 22.8 Å². The van der Waals surface area contributed by atoms with Crippen molar-refractivity contribution in [1.82, 2.24) is 9.62 Å². The number of anilines is 1. The molecule has 8 nitrogen and oxygen atoms in total. The Morgan fingerprint density at radius 2 is 1.93 bits per heavy atom. The first-order chi connectivity index (χ1) is 12.7. The Morgan fingerprint density at radius 1 is 1.19 bits per heavy atom. The van der Waals surface area contributed by atoms with E-state index in [1.165, 1.54) is 12.1 Å². The molecule has 0 aromatic heterocycles. The Bertz CT molecular complexity index is 919. The molecule has 2 aromatic rings. The maximum Gasteiger partial charge on any atom is 0.293 e. The Hall–Kier alpha value is -2.20. The van der Waals surface area contributed by atoms with Gasteiger partial charge in [0.1, 0.15) is 5.69 Å². The lowest BCUT2D eigenvalue weighted by Gasteiger charge is -2.12. The van der Waals surface area contributed by atoms with Gasteiger partial charge in [-0.25, -0.2) is 13.1 Å². The quantitative estimate of drug-likeness (QED) is 0.484. The minimum Gasteiger partial charge on any atom is -0.375 e. The van der Waals surface area contributed by atoms with Gasteiger partial charge in [0.2, 0.25) is 10.0 Å². The Balaban J connectivity index is 2.19. The fourth-order valence-corrected chi connectivity index (χ4v) is 3.56. The van der Waals surface area contributed by atoms with Gasteiger partial charge in [-0.1, -0.05) is 23.7 Å². The molecule has 0 atom stereocenters. The zero-order valence-electron chi connectivity index (χ0n) is 15.0. The highest BCUT2D eigenvalue weighted by atomic mass is 35.5. The van der Waals surface area contributed by atoms with Crippen molar-refractivity contribution >= 4 is 33.0 Å². The van der Waals surface area contributed by atoms with E-state index in [0.29, 0.717) is 18.1 Å². The summed E-state index contributed by atoms with van der Waals surface area (Å²) >= 11 is 5.93. The van der Waals surface area contributed by atoms with Crippen LogP contribution in [0.2, 0.25) is 5.02 Å². The highest BCUT2D eigenvalue weighted by Crippen LogP contribution is 2.28. The number of rotatable bonds is 9. The van der Waals surface area contributed by atoms with Crippen LogP contribution in [0, 0.1) is 10.1 Å². The molecule has 0 heterocycles. The number of nitrogens with zero attached hydrogens (tertiary/aromatic N) is 2. The zero-order valence-corrected chi connectivity index (χ0v) is 16.5. The predicted octanol–water partition coefficient (Wildman–Crippen LogP) is 2.70. The van der Waals surface area contributed by atoms with E-state index in [2.05, 4.69) is 10.0 Å². The van der Waals surface area contributed by atoms with Gasteiger partial charge in [-0.3, -0.25) is 10.1 Å². The normalized spacial score (nSPS) is 11.6. The third-order valence-electron chi connectivity index (χ3n) is 3.70. The molecule has 0 unspecified atom stereocenters. The van der Waals surface area contributed by atoms with Crippen molar-refractivity contribution < 1.29 is 13.3 Å². The molecule has 0 aliphatic carbocycles. The molecule has 146 valence electrons. The number of likely N-dealkylation sites (N-methyl/N-ethyl adjacent to an activating group) is 1. The number of nitrogens with one attached hydrogen (secondary N) is 2. The summed E-state index contributed by atoms with van der Waals surface area (Å²) in [7, 11) is -0.190. The lowest BCUT2D eigenvalue weighted by molar-refractivity contribution is -0.384. The average Bonchev–Trinajstić information content (AvgIpc) is 2.59. The average molecular weight is 413 g/mol. The van der Waals surface area contributed by atoms with Crippen LogP contribution in [0.15, 0.2) is 47.4 Å². The van der Waals surface area contributed by atoms with Crippen molar-refractivity contribution in [3.05, 3.63) is 63.2 Å². The summed E-state index contributed by atoms with van der Waals surface area (Å²) in [5.41, 5.74) is 0.763. The van der Waals surface area contributed by atoms with Gasteiger partial charge in [-0.05, 0) is 43.9 Å². The van der Waals surface area contributed by atoms with E-state index < -0.39 is 14.9 Å². The first-order valence-electron chi connectivity index (χ1n) is 8.10. The Kier molecular flexibility index (Phi) is 7.14. The van der Waals surface area contributed by atoms with Crippen LogP contribution in [-0.2, 0) is 16.6 Å². The Morgan fingerprint density at radius 3 is 2.56 bits per heavy atom. The molecular weight excluding hydrogens is 392 g/mol. The minimum absolute atomic E-state index is 0.152.